The Kier molecular flexibility index (Phi) is 16.8. The number of nitrogens with one attached hydrogen (secondary N) is 2. The van der Waals surface area contributed by atoms with E-state index in [1.807, 2.05) is 44.2 Å². The Labute approximate surface area is 418 Å². The largest absolute Gasteiger partial charge is 0.474 e. The van der Waals surface area contributed by atoms with Gasteiger partial charge in [-0.25, -0.2) is 40.2 Å². The molecule has 2 atom stereocenters. The number of aryl methyl sites for hydroxylation is 1. The average molecular weight is 1030 g/mol. The van der Waals surface area contributed by atoms with Crippen LogP contribution in [-0.2, 0) is 34.2 Å². The molecule has 1 amide bonds. The van der Waals surface area contributed by atoms with Crippen LogP contribution in [0, 0.1) is 6.92 Å². The molecule has 374 valence electrons. The molecule has 0 unspecified atom stereocenters. The van der Waals surface area contributed by atoms with Crippen LogP contribution in [-0.4, -0.2) is 89.2 Å². The van der Waals surface area contributed by atoms with Gasteiger partial charge in [-0.2, -0.15) is 0 Å². The van der Waals surface area contributed by atoms with E-state index in [-0.39, 0.29) is 33.6 Å². The van der Waals surface area contributed by atoms with E-state index in [9.17, 15) is 30.0 Å². The number of rotatable bonds is 14. The molecule has 1 fully saturated rings. The molecule has 0 spiro atoms. The number of nitrogens with zero attached hydrogens (tertiary/aromatic N) is 4. The molecule has 17 nitrogen and oxygen atoms in total. The van der Waals surface area contributed by atoms with E-state index < -0.39 is 29.5 Å². The van der Waals surface area contributed by atoms with Crippen LogP contribution in [0.4, 0.5) is 11.6 Å². The van der Waals surface area contributed by atoms with Crippen molar-refractivity contribution in [1.82, 2.24) is 19.9 Å². The number of aromatic nitrogens is 4. The van der Waals surface area contributed by atoms with Crippen molar-refractivity contribution in [2.75, 3.05) is 42.6 Å². The molecule has 6 heterocycles. The summed E-state index contributed by atoms with van der Waals surface area (Å²) in [5, 5.41) is 5.97. The van der Waals surface area contributed by atoms with Crippen molar-refractivity contribution >= 4 is 47.1 Å². The van der Waals surface area contributed by atoms with E-state index in [1.165, 1.54) is 30.9 Å². The average Bonchev–Trinajstić information content (AvgIpc) is 4.19. The lowest BCUT2D eigenvalue weighted by molar-refractivity contribution is 0.0662. The molecule has 0 radical (unpaired) electrons. The maximum atomic E-state index is 12.1. The molecule has 20 heteroatoms. The Bertz CT molecular complexity index is 3440. The van der Waals surface area contributed by atoms with Gasteiger partial charge in [0.2, 0.25) is 5.88 Å². The van der Waals surface area contributed by atoms with Crippen LogP contribution in [0.15, 0.2) is 176 Å². The van der Waals surface area contributed by atoms with Crippen LogP contribution in [0.5, 0.6) is 5.88 Å². The molecule has 1 aliphatic rings. The van der Waals surface area contributed by atoms with Crippen molar-refractivity contribution in [1.29, 1.82) is 0 Å². The van der Waals surface area contributed by atoms with Gasteiger partial charge in [0.15, 0.2) is 35.3 Å². The van der Waals surface area contributed by atoms with Gasteiger partial charge in [0.1, 0.15) is 24.0 Å². The second-order valence-corrected chi connectivity index (χ2v) is 22.8. The molecule has 9 rings (SSSR count). The van der Waals surface area contributed by atoms with E-state index in [0.29, 0.717) is 34.6 Å². The topological polar surface area (TPSA) is 240 Å². The minimum absolute atomic E-state index is 0.00430. The fourth-order valence-corrected chi connectivity index (χ4v) is 8.92. The fourth-order valence-electron chi connectivity index (χ4n) is 7.03. The maximum Gasteiger partial charge on any atom is 0.292 e. The van der Waals surface area contributed by atoms with Crippen LogP contribution in [0.25, 0.3) is 33.8 Å². The predicted octanol–water partition coefficient (Wildman–Crippen LogP) is 9.33. The second-order valence-electron chi connectivity index (χ2n) is 16.7. The van der Waals surface area contributed by atoms with Crippen molar-refractivity contribution in [3.8, 4) is 39.7 Å². The maximum absolute atomic E-state index is 12.1. The van der Waals surface area contributed by atoms with Gasteiger partial charge >= 0.3 is 0 Å². The molecule has 3 aromatic carbocycles. The summed E-state index contributed by atoms with van der Waals surface area (Å²) in [5.41, 5.74) is 5.27. The molecule has 0 aliphatic carbocycles. The van der Waals surface area contributed by atoms with Crippen LogP contribution in [0.3, 0.4) is 0 Å². The Morgan fingerprint density at radius 1 is 0.667 bits per heavy atom. The van der Waals surface area contributed by atoms with Gasteiger partial charge in [-0.3, -0.25) is 9.78 Å². The number of anilines is 2. The minimum atomic E-state index is -3.24. The first-order valence-electron chi connectivity index (χ1n) is 22.4. The normalized spacial score (nSPS) is 13.9. The van der Waals surface area contributed by atoms with Crippen molar-refractivity contribution < 1.29 is 48.4 Å². The summed E-state index contributed by atoms with van der Waals surface area (Å²) in [4.78, 5) is 30.4. The second kappa shape index (κ2) is 23.1. The molecular formula is C52H52N6O11S3. The third-order valence-corrected chi connectivity index (χ3v) is 14.2. The summed E-state index contributed by atoms with van der Waals surface area (Å²) < 4.78 is 90.8. The zero-order valence-corrected chi connectivity index (χ0v) is 42.4. The summed E-state index contributed by atoms with van der Waals surface area (Å²) >= 11 is 0. The third-order valence-electron chi connectivity index (χ3n) is 10.8. The number of hydrogen-bond donors (Lipinski definition) is 2. The smallest absolute Gasteiger partial charge is 0.292 e. The number of hydrogen-bond acceptors (Lipinski definition) is 16. The van der Waals surface area contributed by atoms with Crippen molar-refractivity contribution in [3.05, 3.63) is 169 Å². The molecule has 0 bridgehead atoms. The van der Waals surface area contributed by atoms with Gasteiger partial charge in [-0.05, 0) is 111 Å². The number of amides is 1. The number of carbonyl (C=O) groups excluding carboxylic acids is 1. The highest BCUT2D eigenvalue weighted by Gasteiger charge is 2.18. The molecular weight excluding hydrogens is 981 g/mol. The SMILES string of the molecule is CS(=O)(=O)c1ccc(-c2cncc(OC[C@@H]3CCCO3)n2)cc1.C[C@@H](Nc1cccc(-c2ccc(S(C)(=O)=O)cc2)n1)c1ccco1.Cc1coc(C(=O)Nc2cccc(-c3ccc(S(C)(=O)=O)cc3)n2)c1. The summed E-state index contributed by atoms with van der Waals surface area (Å²) in [6, 6.07) is 36.0. The van der Waals surface area contributed by atoms with E-state index in [1.54, 1.807) is 104 Å². The third kappa shape index (κ3) is 14.8. The number of furan rings is 2. The zero-order valence-electron chi connectivity index (χ0n) is 39.9. The van der Waals surface area contributed by atoms with Crippen LogP contribution < -0.4 is 15.4 Å². The lowest BCUT2D eigenvalue weighted by Gasteiger charge is -2.13. The molecule has 2 N–H and O–H groups in total. The van der Waals surface area contributed by atoms with Gasteiger partial charge in [0.05, 0.1) is 68.8 Å². The van der Waals surface area contributed by atoms with Crippen LogP contribution >= 0.6 is 0 Å². The monoisotopic (exact) mass is 1030 g/mol. The fraction of sp³-hybridized carbons (Fsp3) is 0.212. The van der Waals surface area contributed by atoms with E-state index in [4.69, 9.17) is 18.3 Å². The molecule has 1 saturated heterocycles. The lowest BCUT2D eigenvalue weighted by Crippen LogP contribution is -2.16. The quantitative estimate of drug-likeness (QED) is 0.103. The number of carbonyl (C=O) groups is 1. The Hall–Kier alpha value is -7.52. The summed E-state index contributed by atoms with van der Waals surface area (Å²) in [7, 11) is -9.64. The van der Waals surface area contributed by atoms with Crippen LogP contribution in [0.2, 0.25) is 0 Å². The lowest BCUT2D eigenvalue weighted by atomic mass is 10.1. The first-order valence-corrected chi connectivity index (χ1v) is 28.0. The highest BCUT2D eigenvalue weighted by Crippen LogP contribution is 2.26. The number of ether oxygens (including phenoxy) is 2. The van der Waals surface area contributed by atoms with E-state index in [0.717, 1.165) is 65.2 Å². The highest BCUT2D eigenvalue weighted by molar-refractivity contribution is 7.91. The summed E-state index contributed by atoms with van der Waals surface area (Å²) in [6.45, 7) is 5.07. The summed E-state index contributed by atoms with van der Waals surface area (Å²) in [6.07, 6.45) is 12.0. The van der Waals surface area contributed by atoms with Crippen molar-refractivity contribution in [2.24, 2.45) is 0 Å². The van der Waals surface area contributed by atoms with Gasteiger partial charge in [-0.15, -0.1) is 0 Å². The Morgan fingerprint density at radius 2 is 1.21 bits per heavy atom. The molecule has 0 saturated carbocycles. The zero-order chi connectivity index (χ0) is 51.5. The molecule has 72 heavy (non-hydrogen) atoms. The van der Waals surface area contributed by atoms with Crippen LogP contribution in [0.1, 0.15) is 47.7 Å². The Balaban J connectivity index is 0.000000159. The van der Waals surface area contributed by atoms with E-state index >= 15 is 0 Å². The molecule has 5 aromatic heterocycles. The van der Waals surface area contributed by atoms with Gasteiger partial charge in [-0.1, -0.05) is 48.5 Å². The number of sulfone groups is 3. The Morgan fingerprint density at radius 3 is 1.69 bits per heavy atom. The number of pyridine rings is 2. The standard InChI is InChI=1S/C18H16N2O4S.C18H18N2O3S.C16H18N2O4S/c1-12-10-16(24-11-12)18(21)20-17-5-3-4-15(19-17)13-6-8-14(9-7-13)25(2,22)23;1-13(17-6-4-12-23-17)19-18-7-3-5-16(20-18)14-8-10-15(11-9-14)24(2,21)22;1-23(19,20)14-6-4-12(5-7-14)15-9-17-10-16(18-15)22-11-13-3-2-8-21-13/h3-11H,1-2H3,(H,19,20,21);3-13H,1-2H3,(H,19,20);4-7,9-10,13H,2-3,8,11H2,1H3/t;2*13-/m.10/s1. The highest BCUT2D eigenvalue weighted by atomic mass is 32.2. The molecule has 8 aromatic rings. The minimum Gasteiger partial charge on any atom is -0.474 e. The summed E-state index contributed by atoms with van der Waals surface area (Å²) in [5.74, 6) is 2.20. The van der Waals surface area contributed by atoms with Crippen molar-refractivity contribution in [2.45, 2.75) is 53.5 Å². The van der Waals surface area contributed by atoms with Crippen molar-refractivity contribution in [3.63, 3.8) is 0 Å². The van der Waals surface area contributed by atoms with E-state index in [2.05, 4.69) is 30.6 Å². The molecule has 1 aliphatic heterocycles. The van der Waals surface area contributed by atoms with Gasteiger partial charge < -0.3 is 28.9 Å². The number of benzene rings is 3. The predicted molar refractivity (Wildman–Crippen MR) is 273 cm³/mol. The first kappa shape index (κ1) is 52.3. The first-order chi connectivity index (χ1) is 34.3. The van der Waals surface area contributed by atoms with Gasteiger partial charge in [0.25, 0.3) is 5.91 Å². The van der Waals surface area contributed by atoms with Gasteiger partial charge in [0, 0.05) is 42.1 Å².